The second-order valence-electron chi connectivity index (χ2n) is 7.91. The second kappa shape index (κ2) is 8.66. The van der Waals surface area contributed by atoms with E-state index < -0.39 is 0 Å². The van der Waals surface area contributed by atoms with E-state index in [-0.39, 0.29) is 12.5 Å². The molecule has 2 aromatic heterocycles. The molecule has 1 saturated heterocycles. The molecule has 162 valence electrons. The number of para-hydroxylation sites is 2. The van der Waals surface area contributed by atoms with E-state index in [2.05, 4.69) is 54.4 Å². The summed E-state index contributed by atoms with van der Waals surface area (Å²) in [5.41, 5.74) is 3.74. The lowest BCUT2D eigenvalue weighted by Gasteiger charge is -2.36. The fourth-order valence-electron chi connectivity index (χ4n) is 4.10. The Balaban J connectivity index is 1.30. The maximum atomic E-state index is 12.6. The van der Waals surface area contributed by atoms with Crippen molar-refractivity contribution in [2.75, 3.05) is 41.3 Å². The first-order chi connectivity index (χ1) is 15.7. The van der Waals surface area contributed by atoms with E-state index in [9.17, 15) is 4.79 Å². The Bertz CT molecular complexity index is 1230. The molecule has 1 N–H and O–H groups in total. The summed E-state index contributed by atoms with van der Waals surface area (Å²) < 4.78 is 1.63. The van der Waals surface area contributed by atoms with E-state index in [1.165, 1.54) is 5.69 Å². The van der Waals surface area contributed by atoms with Crippen LogP contribution in [0.15, 0.2) is 67.1 Å². The molecule has 1 aliphatic heterocycles. The second-order valence-corrected chi connectivity index (χ2v) is 7.91. The number of hydrogen-bond acceptors (Lipinski definition) is 6. The van der Waals surface area contributed by atoms with Crippen LogP contribution in [0.2, 0.25) is 0 Å². The highest BCUT2D eigenvalue weighted by atomic mass is 16.2. The molecular weight excluding hydrogens is 402 g/mol. The maximum absolute atomic E-state index is 12.6. The van der Waals surface area contributed by atoms with E-state index in [0.29, 0.717) is 5.65 Å². The fourth-order valence-corrected chi connectivity index (χ4v) is 4.10. The Morgan fingerprint density at radius 1 is 0.938 bits per heavy atom. The van der Waals surface area contributed by atoms with Crippen molar-refractivity contribution in [2.45, 2.75) is 13.5 Å². The van der Waals surface area contributed by atoms with Crippen molar-refractivity contribution in [1.29, 1.82) is 0 Å². The zero-order valence-electron chi connectivity index (χ0n) is 18.0. The van der Waals surface area contributed by atoms with Crippen LogP contribution in [0, 0.1) is 6.92 Å². The van der Waals surface area contributed by atoms with E-state index >= 15 is 0 Å². The van der Waals surface area contributed by atoms with Gasteiger partial charge in [0, 0.05) is 37.6 Å². The molecule has 0 saturated carbocycles. The van der Waals surface area contributed by atoms with Gasteiger partial charge in [-0.25, -0.2) is 14.6 Å². The summed E-state index contributed by atoms with van der Waals surface area (Å²) >= 11 is 0. The van der Waals surface area contributed by atoms with Crippen molar-refractivity contribution in [1.82, 2.24) is 19.7 Å². The number of carbonyl (C=O) groups is 1. The Morgan fingerprint density at radius 2 is 1.66 bits per heavy atom. The lowest BCUT2D eigenvalue weighted by atomic mass is 10.2. The molecule has 1 amide bonds. The van der Waals surface area contributed by atoms with Crippen molar-refractivity contribution in [2.24, 2.45) is 0 Å². The van der Waals surface area contributed by atoms with Gasteiger partial charge in [0.2, 0.25) is 5.91 Å². The van der Waals surface area contributed by atoms with Crippen LogP contribution < -0.4 is 15.1 Å². The molecule has 4 aromatic rings. The third-order valence-corrected chi connectivity index (χ3v) is 5.83. The number of aryl methyl sites for hydroxylation is 1. The molecule has 0 radical (unpaired) electrons. The van der Waals surface area contributed by atoms with Crippen LogP contribution in [0.5, 0.6) is 0 Å². The lowest BCUT2D eigenvalue weighted by Crippen LogP contribution is -2.46. The van der Waals surface area contributed by atoms with Gasteiger partial charge in [0.05, 0.1) is 11.6 Å². The number of anilines is 3. The number of hydrogen-bond donors (Lipinski definition) is 1. The monoisotopic (exact) mass is 427 g/mol. The standard InChI is InChI=1S/C24H25N7O/c1-18-7-5-6-10-21(18)28-22(32)16-31-24-20(15-27-31)23(25-17-26-24)30-13-11-29(12-14-30)19-8-3-2-4-9-19/h2-10,15,17H,11-14,16H2,1H3,(H,28,32). The normalized spacial score (nSPS) is 14.0. The summed E-state index contributed by atoms with van der Waals surface area (Å²) in [4.78, 5) is 26.2. The number of amides is 1. The fraction of sp³-hybridized carbons (Fsp3) is 0.250. The average Bonchev–Trinajstić information content (AvgIpc) is 3.24. The highest BCUT2D eigenvalue weighted by Gasteiger charge is 2.22. The largest absolute Gasteiger partial charge is 0.368 e. The summed E-state index contributed by atoms with van der Waals surface area (Å²) in [6.07, 6.45) is 3.31. The Hall–Kier alpha value is -3.94. The van der Waals surface area contributed by atoms with Crippen molar-refractivity contribution >= 4 is 34.1 Å². The third-order valence-electron chi connectivity index (χ3n) is 5.83. The molecule has 1 aliphatic rings. The Labute approximate surface area is 186 Å². The number of aromatic nitrogens is 4. The van der Waals surface area contributed by atoms with E-state index in [1.807, 2.05) is 37.3 Å². The molecule has 2 aromatic carbocycles. The molecule has 5 rings (SSSR count). The number of fused-ring (bicyclic) bond motifs is 1. The van der Waals surface area contributed by atoms with Crippen LogP contribution >= 0.6 is 0 Å². The van der Waals surface area contributed by atoms with Crippen LogP contribution in [-0.4, -0.2) is 51.8 Å². The molecule has 0 bridgehead atoms. The number of nitrogens with zero attached hydrogens (tertiary/aromatic N) is 6. The van der Waals surface area contributed by atoms with Crippen LogP contribution in [0.25, 0.3) is 11.0 Å². The number of carbonyl (C=O) groups excluding carboxylic acids is 1. The molecule has 3 heterocycles. The first-order valence-corrected chi connectivity index (χ1v) is 10.8. The molecule has 0 atom stereocenters. The highest BCUT2D eigenvalue weighted by Crippen LogP contribution is 2.25. The molecule has 1 fully saturated rings. The van der Waals surface area contributed by atoms with Gasteiger partial charge < -0.3 is 15.1 Å². The van der Waals surface area contributed by atoms with Crippen molar-refractivity contribution in [3.63, 3.8) is 0 Å². The Kier molecular flexibility index (Phi) is 5.41. The van der Waals surface area contributed by atoms with Gasteiger partial charge in [-0.1, -0.05) is 36.4 Å². The number of piperazine rings is 1. The lowest BCUT2D eigenvalue weighted by molar-refractivity contribution is -0.116. The van der Waals surface area contributed by atoms with Crippen LogP contribution in [0.4, 0.5) is 17.2 Å². The van der Waals surface area contributed by atoms with E-state index in [1.54, 1.807) is 17.2 Å². The van der Waals surface area contributed by atoms with Crippen LogP contribution in [0.3, 0.4) is 0 Å². The molecule has 0 aliphatic carbocycles. The minimum atomic E-state index is -0.138. The smallest absolute Gasteiger partial charge is 0.246 e. The van der Waals surface area contributed by atoms with Gasteiger partial charge in [0.1, 0.15) is 18.7 Å². The zero-order chi connectivity index (χ0) is 21.9. The molecular formula is C24H25N7O. The highest BCUT2D eigenvalue weighted by molar-refractivity contribution is 5.93. The maximum Gasteiger partial charge on any atom is 0.246 e. The van der Waals surface area contributed by atoms with Gasteiger partial charge in [0.25, 0.3) is 0 Å². The van der Waals surface area contributed by atoms with E-state index in [4.69, 9.17) is 0 Å². The quantitative estimate of drug-likeness (QED) is 0.527. The summed E-state index contributed by atoms with van der Waals surface area (Å²) in [7, 11) is 0. The summed E-state index contributed by atoms with van der Waals surface area (Å²) in [5.74, 6) is 0.731. The topological polar surface area (TPSA) is 79.2 Å². The van der Waals surface area contributed by atoms with Gasteiger partial charge in [0.15, 0.2) is 5.65 Å². The summed E-state index contributed by atoms with van der Waals surface area (Å²) in [5, 5.41) is 8.25. The first-order valence-electron chi connectivity index (χ1n) is 10.8. The minimum absolute atomic E-state index is 0.0933. The van der Waals surface area contributed by atoms with Gasteiger partial charge in [-0.2, -0.15) is 5.10 Å². The third kappa shape index (κ3) is 3.99. The molecule has 0 spiro atoms. The van der Waals surface area contributed by atoms with Crippen molar-refractivity contribution < 1.29 is 4.79 Å². The number of benzene rings is 2. The van der Waals surface area contributed by atoms with Crippen molar-refractivity contribution in [3.05, 3.63) is 72.7 Å². The van der Waals surface area contributed by atoms with Gasteiger partial charge in [-0.05, 0) is 30.7 Å². The first kappa shape index (κ1) is 20.0. The molecule has 8 heteroatoms. The molecule has 8 nitrogen and oxygen atoms in total. The predicted molar refractivity (Wildman–Crippen MR) is 126 cm³/mol. The van der Waals surface area contributed by atoms with E-state index in [0.717, 1.165) is 48.6 Å². The Morgan fingerprint density at radius 3 is 2.44 bits per heavy atom. The van der Waals surface area contributed by atoms with Gasteiger partial charge in [-0.3, -0.25) is 4.79 Å². The number of rotatable bonds is 5. The van der Waals surface area contributed by atoms with Gasteiger partial charge >= 0.3 is 0 Å². The van der Waals surface area contributed by atoms with Crippen LogP contribution in [-0.2, 0) is 11.3 Å². The number of nitrogens with one attached hydrogen (secondary N) is 1. The zero-order valence-corrected chi connectivity index (χ0v) is 18.0. The predicted octanol–water partition coefficient (Wildman–Crippen LogP) is 3.10. The summed E-state index contributed by atoms with van der Waals surface area (Å²) in [6, 6.07) is 18.2. The molecule has 32 heavy (non-hydrogen) atoms. The summed E-state index contributed by atoms with van der Waals surface area (Å²) in [6.45, 7) is 5.62. The van der Waals surface area contributed by atoms with Crippen LogP contribution in [0.1, 0.15) is 5.56 Å². The SMILES string of the molecule is Cc1ccccc1NC(=O)Cn1ncc2c(N3CCN(c4ccccc4)CC3)ncnc21. The average molecular weight is 428 g/mol. The molecule has 0 unspecified atom stereocenters. The minimum Gasteiger partial charge on any atom is -0.368 e. The van der Waals surface area contributed by atoms with Gasteiger partial charge in [-0.15, -0.1) is 0 Å². The van der Waals surface area contributed by atoms with Crippen molar-refractivity contribution in [3.8, 4) is 0 Å².